The van der Waals surface area contributed by atoms with Crippen LogP contribution in [0, 0.1) is 0 Å². The average molecular weight is 313 g/mol. The molecule has 0 saturated carbocycles. The largest absolute Gasteiger partial charge is 0.487 e. The maximum Gasteiger partial charge on any atom is 0.175 e. The Morgan fingerprint density at radius 2 is 1.57 bits per heavy atom. The van der Waals surface area contributed by atoms with E-state index in [1.807, 2.05) is 36.4 Å². The van der Waals surface area contributed by atoms with Crippen molar-refractivity contribution in [2.24, 2.45) is 0 Å². The van der Waals surface area contributed by atoms with Gasteiger partial charge >= 0.3 is 0 Å². The third-order valence-electron chi connectivity index (χ3n) is 4.22. The molecule has 1 aliphatic heterocycles. The van der Waals surface area contributed by atoms with E-state index in [1.165, 1.54) is 5.56 Å². The average Bonchev–Trinajstić information content (AvgIpc) is 2.60. The molecule has 0 spiro atoms. The monoisotopic (exact) mass is 313 g/mol. The van der Waals surface area contributed by atoms with Gasteiger partial charge in [-0.05, 0) is 17.7 Å². The minimum atomic E-state index is -0.304. The van der Waals surface area contributed by atoms with Gasteiger partial charge in [0.05, 0.1) is 6.04 Å². The van der Waals surface area contributed by atoms with Crippen molar-refractivity contribution >= 4 is 0 Å². The van der Waals surface area contributed by atoms with Crippen LogP contribution >= 0.6 is 0 Å². The van der Waals surface area contributed by atoms with Crippen LogP contribution in [0.4, 0.5) is 0 Å². The van der Waals surface area contributed by atoms with Gasteiger partial charge in [0.15, 0.2) is 6.29 Å². The van der Waals surface area contributed by atoms with Crippen LogP contribution in [0.2, 0.25) is 0 Å². The lowest BCUT2D eigenvalue weighted by Gasteiger charge is -2.49. The minimum Gasteiger partial charge on any atom is -0.487 e. The van der Waals surface area contributed by atoms with E-state index in [4.69, 9.17) is 14.2 Å². The van der Waals surface area contributed by atoms with Gasteiger partial charge in [-0.15, -0.1) is 0 Å². The number of para-hydroxylation sites is 1. The molecule has 0 amide bonds. The van der Waals surface area contributed by atoms with Crippen molar-refractivity contribution in [3.05, 3.63) is 66.2 Å². The summed E-state index contributed by atoms with van der Waals surface area (Å²) in [6.07, 6.45) is -0.243. The number of ether oxygens (including phenoxy) is 3. The summed E-state index contributed by atoms with van der Waals surface area (Å²) in [4.78, 5) is 2.33. The second kappa shape index (κ2) is 7.59. The van der Waals surface area contributed by atoms with E-state index in [1.54, 1.807) is 14.2 Å². The summed E-state index contributed by atoms with van der Waals surface area (Å²) < 4.78 is 17.1. The number of likely N-dealkylation sites (tertiary alicyclic amines) is 1. The lowest BCUT2D eigenvalue weighted by molar-refractivity contribution is -0.207. The van der Waals surface area contributed by atoms with E-state index < -0.39 is 0 Å². The van der Waals surface area contributed by atoms with E-state index in [0.717, 1.165) is 18.8 Å². The molecular formula is C19H23NO3. The van der Waals surface area contributed by atoms with E-state index in [9.17, 15) is 0 Å². The predicted octanol–water partition coefficient (Wildman–Crippen LogP) is 2.94. The Morgan fingerprint density at radius 1 is 0.957 bits per heavy atom. The molecule has 1 fully saturated rings. The highest BCUT2D eigenvalue weighted by Gasteiger charge is 2.46. The zero-order chi connectivity index (χ0) is 16.1. The zero-order valence-corrected chi connectivity index (χ0v) is 13.6. The fourth-order valence-corrected chi connectivity index (χ4v) is 3.05. The molecule has 0 radical (unpaired) electrons. The van der Waals surface area contributed by atoms with Crippen molar-refractivity contribution in [2.45, 2.75) is 25.0 Å². The molecule has 0 aromatic heterocycles. The van der Waals surface area contributed by atoms with Crippen molar-refractivity contribution in [3.63, 3.8) is 0 Å². The van der Waals surface area contributed by atoms with Crippen molar-refractivity contribution in [1.82, 2.24) is 4.90 Å². The first kappa shape index (κ1) is 16.0. The summed E-state index contributed by atoms with van der Waals surface area (Å²) in [7, 11) is 3.35. The highest BCUT2D eigenvalue weighted by molar-refractivity contribution is 5.22. The summed E-state index contributed by atoms with van der Waals surface area (Å²) >= 11 is 0. The van der Waals surface area contributed by atoms with Crippen molar-refractivity contribution < 1.29 is 14.2 Å². The van der Waals surface area contributed by atoms with Crippen molar-refractivity contribution in [2.75, 3.05) is 20.8 Å². The molecule has 0 unspecified atom stereocenters. The van der Waals surface area contributed by atoms with E-state index >= 15 is 0 Å². The number of methoxy groups -OCH3 is 2. The van der Waals surface area contributed by atoms with Crippen LogP contribution < -0.4 is 4.74 Å². The fourth-order valence-electron chi connectivity index (χ4n) is 3.05. The topological polar surface area (TPSA) is 30.9 Å². The standard InChI is InChI=1S/C19H23NO3/c1-21-19(22-2)18-17(23-16-11-7-4-8-12-16)14-20(18)13-15-9-5-3-6-10-15/h3-12,17-19H,13-14H2,1-2H3/t17-,18+/m1/s1. The van der Waals surface area contributed by atoms with Crippen LogP contribution in [-0.2, 0) is 16.0 Å². The van der Waals surface area contributed by atoms with Crippen LogP contribution in [-0.4, -0.2) is 44.1 Å². The summed E-state index contributed by atoms with van der Waals surface area (Å²) in [6.45, 7) is 1.72. The summed E-state index contributed by atoms with van der Waals surface area (Å²) in [5.74, 6) is 0.882. The Balaban J connectivity index is 1.69. The van der Waals surface area contributed by atoms with Gasteiger partial charge in [0.25, 0.3) is 0 Å². The molecule has 0 bridgehead atoms. The minimum absolute atomic E-state index is 0.0611. The molecule has 1 aliphatic rings. The number of rotatable bonds is 7. The highest BCUT2D eigenvalue weighted by Crippen LogP contribution is 2.29. The number of nitrogens with zero attached hydrogens (tertiary/aromatic N) is 1. The van der Waals surface area contributed by atoms with Crippen LogP contribution in [0.1, 0.15) is 5.56 Å². The van der Waals surface area contributed by atoms with E-state index in [2.05, 4.69) is 29.2 Å². The molecule has 23 heavy (non-hydrogen) atoms. The maximum absolute atomic E-state index is 6.11. The summed E-state index contributed by atoms with van der Waals surface area (Å²) in [5.41, 5.74) is 1.28. The van der Waals surface area contributed by atoms with E-state index in [0.29, 0.717) is 0 Å². The van der Waals surface area contributed by atoms with Crippen LogP contribution in [0.5, 0.6) is 5.75 Å². The molecule has 4 heteroatoms. The smallest absolute Gasteiger partial charge is 0.175 e. The highest BCUT2D eigenvalue weighted by atomic mass is 16.7. The molecule has 0 N–H and O–H groups in total. The fraction of sp³-hybridized carbons (Fsp3) is 0.368. The molecule has 122 valence electrons. The number of hydrogen-bond donors (Lipinski definition) is 0. The number of benzene rings is 2. The molecule has 0 aliphatic carbocycles. The maximum atomic E-state index is 6.11. The van der Waals surface area contributed by atoms with Gasteiger partial charge in [0, 0.05) is 27.3 Å². The van der Waals surface area contributed by atoms with Gasteiger partial charge in [-0.1, -0.05) is 48.5 Å². The predicted molar refractivity (Wildman–Crippen MR) is 89.3 cm³/mol. The first-order valence-electron chi connectivity index (χ1n) is 7.87. The lowest BCUT2D eigenvalue weighted by Crippen LogP contribution is -2.67. The van der Waals surface area contributed by atoms with Gasteiger partial charge in [-0.2, -0.15) is 0 Å². The number of hydrogen-bond acceptors (Lipinski definition) is 4. The third-order valence-corrected chi connectivity index (χ3v) is 4.22. The quantitative estimate of drug-likeness (QED) is 0.736. The van der Waals surface area contributed by atoms with Gasteiger partial charge < -0.3 is 14.2 Å². The molecular weight excluding hydrogens is 290 g/mol. The van der Waals surface area contributed by atoms with Gasteiger partial charge in [-0.3, -0.25) is 4.90 Å². The van der Waals surface area contributed by atoms with Gasteiger partial charge in [-0.25, -0.2) is 0 Å². The Hall–Kier alpha value is -1.88. The van der Waals surface area contributed by atoms with Crippen LogP contribution in [0.3, 0.4) is 0 Å². The van der Waals surface area contributed by atoms with Gasteiger partial charge in [0.2, 0.25) is 0 Å². The van der Waals surface area contributed by atoms with Crippen molar-refractivity contribution in [1.29, 1.82) is 0 Å². The normalized spacial score (nSPS) is 21.2. The van der Waals surface area contributed by atoms with Crippen LogP contribution in [0.15, 0.2) is 60.7 Å². The van der Waals surface area contributed by atoms with Gasteiger partial charge in [0.1, 0.15) is 11.9 Å². The Bertz CT molecular complexity index is 539. The second-order valence-corrected chi connectivity index (χ2v) is 5.71. The summed E-state index contributed by atoms with van der Waals surface area (Å²) in [5, 5.41) is 0. The Morgan fingerprint density at radius 3 is 2.17 bits per heavy atom. The molecule has 1 heterocycles. The Kier molecular flexibility index (Phi) is 5.28. The lowest BCUT2D eigenvalue weighted by atomic mass is 9.97. The molecule has 2 aromatic carbocycles. The zero-order valence-electron chi connectivity index (χ0n) is 13.6. The SMILES string of the molecule is COC(OC)[C@@H]1[C@H](Oc2ccccc2)CN1Cc1ccccc1. The second-order valence-electron chi connectivity index (χ2n) is 5.71. The molecule has 3 rings (SSSR count). The molecule has 4 nitrogen and oxygen atoms in total. The summed E-state index contributed by atoms with van der Waals surface area (Å²) in [6, 6.07) is 20.4. The molecule has 1 saturated heterocycles. The molecule has 2 aromatic rings. The first-order valence-corrected chi connectivity index (χ1v) is 7.87. The first-order chi connectivity index (χ1) is 11.3. The molecule has 2 atom stereocenters. The third kappa shape index (κ3) is 3.72. The van der Waals surface area contributed by atoms with Crippen LogP contribution in [0.25, 0.3) is 0 Å². The Labute approximate surface area is 137 Å². The van der Waals surface area contributed by atoms with E-state index in [-0.39, 0.29) is 18.4 Å². The van der Waals surface area contributed by atoms with Crippen molar-refractivity contribution in [3.8, 4) is 5.75 Å².